The van der Waals surface area contributed by atoms with Crippen LogP contribution in [0.25, 0.3) is 0 Å². The Bertz CT molecular complexity index is 368. The van der Waals surface area contributed by atoms with Crippen LogP contribution < -0.4 is 10.2 Å². The summed E-state index contributed by atoms with van der Waals surface area (Å²) < 4.78 is 1.08. The summed E-state index contributed by atoms with van der Waals surface area (Å²) in [4.78, 5) is 2.02. The van der Waals surface area contributed by atoms with Gasteiger partial charge in [-0.05, 0) is 25.8 Å². The van der Waals surface area contributed by atoms with Gasteiger partial charge in [-0.3, -0.25) is 0 Å². The molecule has 0 radical (unpaired) electrons. The molecule has 20 heavy (non-hydrogen) atoms. The van der Waals surface area contributed by atoms with Crippen LogP contribution >= 0.6 is 23.1 Å². The van der Waals surface area contributed by atoms with Crippen LogP contribution in [0.15, 0.2) is 4.34 Å². The fraction of sp³-hybridized carbons (Fsp3) is 0.857. The number of nitrogens with one attached hydrogen (secondary N) is 1. The predicted molar refractivity (Wildman–Crippen MR) is 91.2 cm³/mol. The average molecular weight is 317 g/mol. The van der Waals surface area contributed by atoms with Crippen molar-refractivity contribution in [2.24, 2.45) is 0 Å². The van der Waals surface area contributed by atoms with Gasteiger partial charge in [0.25, 0.3) is 0 Å². The van der Waals surface area contributed by atoms with Crippen molar-refractivity contribution in [1.29, 1.82) is 0 Å². The number of thioether (sulfide) groups is 1. The maximum absolute atomic E-state index is 4.31. The van der Waals surface area contributed by atoms with E-state index < -0.39 is 0 Å². The van der Waals surface area contributed by atoms with E-state index in [1.165, 1.54) is 19.3 Å². The number of hydrogen-bond donors (Lipinski definition) is 1. The molecule has 0 aliphatic carbocycles. The topological polar surface area (TPSA) is 41.1 Å². The Balaban J connectivity index is 2.66. The molecule has 1 aromatic heterocycles. The van der Waals surface area contributed by atoms with Crippen molar-refractivity contribution in [2.45, 2.75) is 62.1 Å². The maximum atomic E-state index is 4.31. The first-order chi connectivity index (χ1) is 9.62. The Morgan fingerprint density at radius 1 is 1.20 bits per heavy atom. The summed E-state index contributed by atoms with van der Waals surface area (Å²) in [5.41, 5.74) is 0. The first kappa shape index (κ1) is 17.7. The monoisotopic (exact) mass is 316 g/mol. The molecule has 1 rings (SSSR count). The smallest absolute Gasteiger partial charge is 0.208 e. The van der Waals surface area contributed by atoms with E-state index in [-0.39, 0.29) is 0 Å². The van der Waals surface area contributed by atoms with Crippen LogP contribution in [0, 0.1) is 0 Å². The van der Waals surface area contributed by atoms with E-state index in [2.05, 4.69) is 36.3 Å². The van der Waals surface area contributed by atoms with Gasteiger partial charge in [0.2, 0.25) is 5.13 Å². The highest BCUT2D eigenvalue weighted by atomic mass is 32.2. The first-order valence-corrected chi connectivity index (χ1v) is 9.22. The van der Waals surface area contributed by atoms with Crippen LogP contribution in [0.2, 0.25) is 0 Å². The highest BCUT2D eigenvalue weighted by molar-refractivity contribution is 8.01. The number of hydrogen-bond acceptors (Lipinski definition) is 6. The minimum absolute atomic E-state index is 0.571. The molecule has 2 unspecified atom stereocenters. The zero-order valence-corrected chi connectivity index (χ0v) is 15.0. The molecular formula is C14H28N4S2. The Morgan fingerprint density at radius 3 is 2.45 bits per heavy atom. The van der Waals surface area contributed by atoms with Crippen LogP contribution in [-0.2, 0) is 0 Å². The summed E-state index contributed by atoms with van der Waals surface area (Å²) in [5.74, 6) is 0. The fourth-order valence-electron chi connectivity index (χ4n) is 2.07. The van der Waals surface area contributed by atoms with E-state index in [0.717, 1.165) is 22.4 Å². The molecule has 0 spiro atoms. The Kier molecular flexibility index (Phi) is 8.49. The minimum atomic E-state index is 0.571. The van der Waals surface area contributed by atoms with E-state index in [4.69, 9.17) is 0 Å². The highest BCUT2D eigenvalue weighted by Crippen LogP contribution is 2.33. The number of anilines is 1. The number of aromatic nitrogens is 2. The van der Waals surface area contributed by atoms with Crippen molar-refractivity contribution in [3.05, 3.63) is 0 Å². The highest BCUT2D eigenvalue weighted by Gasteiger charge is 2.21. The number of rotatable bonds is 10. The van der Waals surface area contributed by atoms with Gasteiger partial charge in [-0.15, -0.1) is 10.2 Å². The third-order valence-electron chi connectivity index (χ3n) is 3.14. The van der Waals surface area contributed by atoms with E-state index >= 15 is 0 Å². The van der Waals surface area contributed by atoms with Crippen molar-refractivity contribution in [2.75, 3.05) is 25.5 Å². The van der Waals surface area contributed by atoms with Crippen molar-refractivity contribution >= 4 is 28.2 Å². The van der Waals surface area contributed by atoms with Crippen LogP contribution in [-0.4, -0.2) is 42.1 Å². The lowest BCUT2D eigenvalue weighted by molar-refractivity contribution is 0.454. The molecule has 1 heterocycles. The van der Waals surface area contributed by atoms with Crippen molar-refractivity contribution in [3.8, 4) is 0 Å². The largest absolute Gasteiger partial charge is 0.353 e. The Morgan fingerprint density at radius 2 is 1.95 bits per heavy atom. The molecule has 0 fully saturated rings. The molecule has 0 saturated carbocycles. The second-order valence-electron chi connectivity index (χ2n) is 5.16. The SMILES string of the molecule is CCCNC(CCC)C(CC)Sc1nnc(N(C)C)s1. The summed E-state index contributed by atoms with van der Waals surface area (Å²) in [5, 5.41) is 13.8. The van der Waals surface area contributed by atoms with E-state index in [1.807, 2.05) is 30.8 Å². The molecule has 1 aromatic rings. The second kappa shape index (κ2) is 9.58. The molecule has 0 aliphatic heterocycles. The molecular weight excluding hydrogens is 288 g/mol. The normalized spacial score (nSPS) is 14.2. The predicted octanol–water partition coefficient (Wildman–Crippen LogP) is 3.64. The van der Waals surface area contributed by atoms with Gasteiger partial charge < -0.3 is 10.2 Å². The van der Waals surface area contributed by atoms with Crippen LogP contribution in [0.4, 0.5) is 5.13 Å². The standard InChI is InChI=1S/C14H28N4S2/c1-6-9-11(15-10-7-2)12(8-3)19-14-17-16-13(20-14)18(4)5/h11-12,15H,6-10H2,1-5H3. The quantitative estimate of drug-likeness (QED) is 0.667. The van der Waals surface area contributed by atoms with Gasteiger partial charge in [-0.25, -0.2) is 0 Å². The molecule has 0 bridgehead atoms. The van der Waals surface area contributed by atoms with Gasteiger partial charge in [-0.1, -0.05) is 50.3 Å². The van der Waals surface area contributed by atoms with Gasteiger partial charge >= 0.3 is 0 Å². The lowest BCUT2D eigenvalue weighted by atomic mass is 10.1. The summed E-state index contributed by atoms with van der Waals surface area (Å²) in [6, 6.07) is 0.571. The summed E-state index contributed by atoms with van der Waals surface area (Å²) in [7, 11) is 4.02. The van der Waals surface area contributed by atoms with Gasteiger partial charge in [0.15, 0.2) is 4.34 Å². The van der Waals surface area contributed by atoms with Gasteiger partial charge in [0.05, 0.1) is 0 Å². The fourth-order valence-corrected chi connectivity index (χ4v) is 4.27. The van der Waals surface area contributed by atoms with E-state index in [1.54, 1.807) is 11.3 Å². The van der Waals surface area contributed by atoms with Crippen molar-refractivity contribution in [1.82, 2.24) is 15.5 Å². The van der Waals surface area contributed by atoms with Crippen LogP contribution in [0.5, 0.6) is 0 Å². The van der Waals surface area contributed by atoms with Gasteiger partial charge in [0, 0.05) is 25.4 Å². The molecule has 0 saturated heterocycles. The lowest BCUT2D eigenvalue weighted by Gasteiger charge is -2.25. The maximum Gasteiger partial charge on any atom is 0.208 e. The molecule has 4 nitrogen and oxygen atoms in total. The van der Waals surface area contributed by atoms with Crippen LogP contribution in [0.3, 0.4) is 0 Å². The molecule has 0 amide bonds. The van der Waals surface area contributed by atoms with Crippen molar-refractivity contribution < 1.29 is 0 Å². The zero-order chi connectivity index (χ0) is 15.0. The van der Waals surface area contributed by atoms with E-state index in [0.29, 0.717) is 11.3 Å². The third kappa shape index (κ3) is 5.58. The lowest BCUT2D eigenvalue weighted by Crippen LogP contribution is -2.38. The van der Waals surface area contributed by atoms with Gasteiger partial charge in [-0.2, -0.15) is 0 Å². The molecule has 6 heteroatoms. The molecule has 1 N–H and O–H groups in total. The molecule has 0 aliphatic rings. The second-order valence-corrected chi connectivity index (χ2v) is 7.60. The van der Waals surface area contributed by atoms with Crippen molar-refractivity contribution in [3.63, 3.8) is 0 Å². The van der Waals surface area contributed by atoms with Gasteiger partial charge in [0.1, 0.15) is 0 Å². The Hall–Kier alpha value is -0.330. The first-order valence-electron chi connectivity index (χ1n) is 7.53. The molecule has 116 valence electrons. The average Bonchev–Trinajstić information content (AvgIpc) is 2.90. The van der Waals surface area contributed by atoms with Crippen LogP contribution in [0.1, 0.15) is 46.5 Å². The Labute approximate surface area is 131 Å². The summed E-state index contributed by atoms with van der Waals surface area (Å²) >= 11 is 3.56. The summed E-state index contributed by atoms with van der Waals surface area (Å²) in [6.45, 7) is 7.84. The minimum Gasteiger partial charge on any atom is -0.353 e. The molecule has 2 atom stereocenters. The number of nitrogens with zero attached hydrogens (tertiary/aromatic N) is 3. The zero-order valence-electron chi connectivity index (χ0n) is 13.3. The summed E-state index contributed by atoms with van der Waals surface area (Å²) in [6.07, 6.45) is 4.79. The molecule has 0 aromatic carbocycles. The van der Waals surface area contributed by atoms with E-state index in [9.17, 15) is 0 Å². The third-order valence-corrected chi connectivity index (χ3v) is 5.81.